The average molecular weight is 232 g/mol. The van der Waals surface area contributed by atoms with Gasteiger partial charge in [-0.05, 0) is 48.1 Å². The van der Waals surface area contributed by atoms with E-state index in [0.717, 1.165) is 24.0 Å². The molecule has 0 saturated carbocycles. The Balaban J connectivity index is 2.02. The van der Waals surface area contributed by atoms with Crippen molar-refractivity contribution >= 4 is 0 Å². The summed E-state index contributed by atoms with van der Waals surface area (Å²) in [6.45, 7) is 0. The van der Waals surface area contributed by atoms with Gasteiger partial charge >= 0.3 is 0 Å². The van der Waals surface area contributed by atoms with E-state index < -0.39 is 0 Å². The predicted octanol–water partition coefficient (Wildman–Crippen LogP) is 3.22. The van der Waals surface area contributed by atoms with Crippen LogP contribution in [-0.4, -0.2) is 0 Å². The molecule has 0 fully saturated rings. The summed E-state index contributed by atoms with van der Waals surface area (Å²) in [6, 6.07) is 10.4. The van der Waals surface area contributed by atoms with E-state index >= 15 is 0 Å². The molecule has 0 aliphatic heterocycles. The largest absolute Gasteiger partial charge is 0.192 e. The van der Waals surface area contributed by atoms with Gasteiger partial charge in [0.2, 0.25) is 0 Å². The summed E-state index contributed by atoms with van der Waals surface area (Å²) >= 11 is 0. The topological polar surface area (TPSA) is 47.6 Å². The Morgan fingerprint density at radius 2 is 2.06 bits per heavy atom. The molecule has 2 heteroatoms. The van der Waals surface area contributed by atoms with Crippen LogP contribution in [-0.2, 0) is 6.42 Å². The maximum absolute atomic E-state index is 8.94. The molecule has 2 atom stereocenters. The van der Waals surface area contributed by atoms with Crippen LogP contribution in [0.15, 0.2) is 42.0 Å². The first kappa shape index (κ1) is 10.8. The second-order valence-corrected chi connectivity index (χ2v) is 4.85. The summed E-state index contributed by atoms with van der Waals surface area (Å²) in [6.07, 6.45) is 8.19. The third kappa shape index (κ3) is 1.63. The fourth-order valence-electron chi connectivity index (χ4n) is 2.95. The van der Waals surface area contributed by atoms with Crippen LogP contribution in [0.1, 0.15) is 29.0 Å². The van der Waals surface area contributed by atoms with Crippen molar-refractivity contribution in [2.24, 2.45) is 5.92 Å². The highest BCUT2D eigenvalue weighted by Gasteiger charge is 2.28. The Bertz CT molecular complexity index is 638. The third-order valence-corrected chi connectivity index (χ3v) is 3.85. The van der Waals surface area contributed by atoms with Gasteiger partial charge in [-0.3, -0.25) is 0 Å². The first-order valence-corrected chi connectivity index (χ1v) is 6.15. The molecule has 3 rings (SSSR count). The second-order valence-electron chi connectivity index (χ2n) is 4.85. The van der Waals surface area contributed by atoms with Gasteiger partial charge in [0.25, 0.3) is 0 Å². The summed E-state index contributed by atoms with van der Waals surface area (Å²) in [5.74, 6) is 0.809. The van der Waals surface area contributed by atoms with E-state index in [9.17, 15) is 0 Å². The van der Waals surface area contributed by atoms with E-state index in [-0.39, 0.29) is 0 Å². The molecule has 0 amide bonds. The van der Waals surface area contributed by atoms with Crippen molar-refractivity contribution in [1.29, 1.82) is 10.5 Å². The molecule has 18 heavy (non-hydrogen) atoms. The highest BCUT2D eigenvalue weighted by atomic mass is 14.3. The van der Waals surface area contributed by atoms with Gasteiger partial charge in [-0.15, -0.1) is 0 Å². The van der Waals surface area contributed by atoms with E-state index in [0.29, 0.717) is 11.8 Å². The van der Waals surface area contributed by atoms with Gasteiger partial charge in [-0.25, -0.2) is 0 Å². The van der Waals surface area contributed by atoms with Crippen molar-refractivity contribution in [3.63, 3.8) is 0 Å². The lowest BCUT2D eigenvalue weighted by Crippen LogP contribution is -2.20. The van der Waals surface area contributed by atoms with Crippen LogP contribution in [0, 0.1) is 28.6 Å². The molecular weight excluding hydrogens is 220 g/mol. The molecule has 86 valence electrons. The molecular formula is C16H12N2. The number of benzene rings is 1. The molecule has 1 aromatic rings. The quantitative estimate of drug-likeness (QED) is 0.689. The highest BCUT2D eigenvalue weighted by Crippen LogP contribution is 2.40. The Morgan fingerprint density at radius 1 is 1.17 bits per heavy atom. The number of hydrogen-bond acceptors (Lipinski definition) is 2. The first-order chi connectivity index (χ1) is 8.81. The van der Waals surface area contributed by atoms with E-state index in [1.807, 2.05) is 18.2 Å². The van der Waals surface area contributed by atoms with E-state index in [4.69, 9.17) is 10.5 Å². The molecule has 0 aromatic heterocycles. The minimum absolute atomic E-state index is 0.374. The summed E-state index contributed by atoms with van der Waals surface area (Å²) in [5, 5.41) is 17.9. The van der Waals surface area contributed by atoms with Gasteiger partial charge in [0.1, 0.15) is 0 Å². The predicted molar refractivity (Wildman–Crippen MR) is 68.5 cm³/mol. The van der Waals surface area contributed by atoms with Crippen LogP contribution in [0.25, 0.3) is 0 Å². The fraction of sp³-hybridized carbons (Fsp3) is 0.250. The average Bonchev–Trinajstić information content (AvgIpc) is 2.45. The maximum Gasteiger partial charge on any atom is 0.0991 e. The lowest BCUT2D eigenvalue weighted by Gasteiger charge is -2.32. The van der Waals surface area contributed by atoms with Crippen LogP contribution >= 0.6 is 0 Å². The Morgan fingerprint density at radius 3 is 2.83 bits per heavy atom. The van der Waals surface area contributed by atoms with Crippen molar-refractivity contribution in [3.8, 4) is 12.1 Å². The zero-order valence-electron chi connectivity index (χ0n) is 9.93. The zero-order valence-corrected chi connectivity index (χ0v) is 9.93. The fourth-order valence-corrected chi connectivity index (χ4v) is 2.95. The lowest BCUT2D eigenvalue weighted by atomic mass is 9.72. The van der Waals surface area contributed by atoms with Crippen LogP contribution < -0.4 is 0 Å². The van der Waals surface area contributed by atoms with Crippen LogP contribution in [0.5, 0.6) is 0 Å². The first-order valence-electron chi connectivity index (χ1n) is 6.15. The van der Waals surface area contributed by atoms with Crippen molar-refractivity contribution in [2.45, 2.75) is 18.8 Å². The molecule has 0 radical (unpaired) electrons. The zero-order chi connectivity index (χ0) is 12.5. The van der Waals surface area contributed by atoms with Gasteiger partial charge in [0.05, 0.1) is 17.7 Å². The van der Waals surface area contributed by atoms with Gasteiger partial charge in [0.15, 0.2) is 0 Å². The van der Waals surface area contributed by atoms with Crippen LogP contribution in [0.4, 0.5) is 0 Å². The van der Waals surface area contributed by atoms with Crippen molar-refractivity contribution in [2.75, 3.05) is 0 Å². The normalized spacial score (nSPS) is 24.2. The van der Waals surface area contributed by atoms with E-state index in [1.54, 1.807) is 0 Å². The van der Waals surface area contributed by atoms with Gasteiger partial charge < -0.3 is 0 Å². The maximum atomic E-state index is 8.94. The standard InChI is InChI=1S/C16H12N2/c17-9-11-1-5-15-13(7-11)3-4-14-8-12(10-18)2-6-16(14)15/h1-2,5-8,13,15H,3-4H2. The minimum Gasteiger partial charge on any atom is -0.192 e. The summed E-state index contributed by atoms with van der Waals surface area (Å²) in [4.78, 5) is 0. The number of nitrogens with zero attached hydrogens (tertiary/aromatic N) is 2. The summed E-state index contributed by atoms with van der Waals surface area (Å²) in [7, 11) is 0. The van der Waals surface area contributed by atoms with Gasteiger partial charge in [-0.1, -0.05) is 18.2 Å². The van der Waals surface area contributed by atoms with Crippen LogP contribution in [0.2, 0.25) is 0 Å². The molecule has 0 N–H and O–H groups in total. The van der Waals surface area contributed by atoms with Crippen LogP contribution in [0.3, 0.4) is 0 Å². The van der Waals surface area contributed by atoms with Gasteiger partial charge in [-0.2, -0.15) is 10.5 Å². The number of aryl methyl sites for hydroxylation is 1. The minimum atomic E-state index is 0.374. The second kappa shape index (κ2) is 4.17. The molecule has 0 saturated heterocycles. The molecule has 0 heterocycles. The molecule has 1 aromatic carbocycles. The lowest BCUT2D eigenvalue weighted by molar-refractivity contribution is 0.497. The molecule has 2 aliphatic carbocycles. The molecule has 0 bridgehead atoms. The Labute approximate surface area is 106 Å². The van der Waals surface area contributed by atoms with Crippen molar-refractivity contribution in [3.05, 3.63) is 58.7 Å². The number of nitriles is 2. The molecule has 2 aliphatic rings. The van der Waals surface area contributed by atoms with E-state index in [2.05, 4.69) is 30.4 Å². The summed E-state index contributed by atoms with van der Waals surface area (Å²) < 4.78 is 0. The smallest absolute Gasteiger partial charge is 0.0991 e. The third-order valence-electron chi connectivity index (χ3n) is 3.85. The number of fused-ring (bicyclic) bond motifs is 3. The summed E-state index contributed by atoms with van der Waals surface area (Å²) in [5.41, 5.74) is 4.11. The molecule has 2 unspecified atom stereocenters. The van der Waals surface area contributed by atoms with Crippen molar-refractivity contribution < 1.29 is 0 Å². The molecule has 2 nitrogen and oxygen atoms in total. The van der Waals surface area contributed by atoms with E-state index in [1.165, 1.54) is 11.1 Å². The highest BCUT2D eigenvalue weighted by molar-refractivity contribution is 5.47. The Kier molecular flexibility index (Phi) is 2.50. The monoisotopic (exact) mass is 232 g/mol. The molecule has 0 spiro atoms. The number of hydrogen-bond donors (Lipinski definition) is 0. The van der Waals surface area contributed by atoms with Gasteiger partial charge in [0, 0.05) is 11.5 Å². The SMILES string of the molecule is N#CC1=CC2CCc3cc(C#N)ccc3C2C=C1. The van der Waals surface area contributed by atoms with Crippen molar-refractivity contribution in [1.82, 2.24) is 0 Å². The number of rotatable bonds is 0. The Hall–Kier alpha value is -2.32. The number of allylic oxidation sites excluding steroid dienone is 4.